The van der Waals surface area contributed by atoms with E-state index in [1.165, 1.54) is 4.88 Å². The summed E-state index contributed by atoms with van der Waals surface area (Å²) in [6.07, 6.45) is 3.93. The fourth-order valence-electron chi connectivity index (χ4n) is 2.08. The van der Waals surface area contributed by atoms with Crippen LogP contribution in [0, 0.1) is 0 Å². The van der Waals surface area contributed by atoms with Gasteiger partial charge in [-0.2, -0.15) is 0 Å². The Morgan fingerprint density at radius 1 is 1.33 bits per heavy atom. The van der Waals surface area contributed by atoms with Gasteiger partial charge in [0.2, 0.25) is 0 Å². The van der Waals surface area contributed by atoms with Gasteiger partial charge in [0, 0.05) is 29.2 Å². The molecule has 0 saturated heterocycles. The van der Waals surface area contributed by atoms with Gasteiger partial charge in [-0.25, -0.2) is 4.98 Å². The van der Waals surface area contributed by atoms with Crippen LogP contribution in [0.2, 0.25) is 0 Å². The summed E-state index contributed by atoms with van der Waals surface area (Å²) >= 11 is 5.23. The fraction of sp³-hybridized carbons (Fsp3) is 0.154. The molecule has 0 saturated carbocycles. The number of nitrogens with zero attached hydrogens (tertiary/aromatic N) is 2. The molecule has 2 N–H and O–H groups in total. The quantitative estimate of drug-likeness (QED) is 0.803. The van der Waals surface area contributed by atoms with Crippen LogP contribution in [-0.2, 0) is 13.1 Å². The molecular formula is C13H12BrN3S. The first-order valence-electron chi connectivity index (χ1n) is 5.65. The van der Waals surface area contributed by atoms with E-state index in [4.69, 9.17) is 5.73 Å². The van der Waals surface area contributed by atoms with E-state index >= 15 is 0 Å². The van der Waals surface area contributed by atoms with E-state index in [2.05, 4.69) is 49.9 Å². The zero-order valence-corrected chi connectivity index (χ0v) is 12.0. The molecule has 0 atom stereocenters. The van der Waals surface area contributed by atoms with Gasteiger partial charge in [0.1, 0.15) is 5.65 Å². The Morgan fingerprint density at radius 3 is 2.94 bits per heavy atom. The highest BCUT2D eigenvalue weighted by Crippen LogP contribution is 2.25. The van der Waals surface area contributed by atoms with E-state index in [1.54, 1.807) is 11.3 Å². The Hall–Kier alpha value is -1.17. The Bertz CT molecular complexity index is 686. The molecule has 0 aliphatic carbocycles. The standard InChI is InChI=1S/C13H12BrN3S/c14-12-4-3-10(18-12)8-17-7-9(6-15)11-2-1-5-16-13(11)17/h1-5,7H,6,8,15H2. The highest BCUT2D eigenvalue weighted by Gasteiger charge is 2.09. The van der Waals surface area contributed by atoms with Crippen molar-refractivity contribution in [3.63, 3.8) is 0 Å². The molecule has 0 radical (unpaired) electrons. The van der Waals surface area contributed by atoms with Crippen molar-refractivity contribution >= 4 is 38.3 Å². The first kappa shape index (κ1) is 11.9. The van der Waals surface area contributed by atoms with Crippen LogP contribution in [0.4, 0.5) is 0 Å². The molecule has 5 heteroatoms. The smallest absolute Gasteiger partial charge is 0.140 e. The molecule has 0 amide bonds. The van der Waals surface area contributed by atoms with Crippen LogP contribution in [0.1, 0.15) is 10.4 Å². The predicted molar refractivity (Wildman–Crippen MR) is 78.7 cm³/mol. The lowest BCUT2D eigenvalue weighted by Gasteiger charge is -2.01. The van der Waals surface area contributed by atoms with Gasteiger partial charge in [-0.1, -0.05) is 0 Å². The minimum atomic E-state index is 0.545. The van der Waals surface area contributed by atoms with E-state index in [0.29, 0.717) is 6.54 Å². The van der Waals surface area contributed by atoms with Gasteiger partial charge in [0.05, 0.1) is 10.3 Å². The van der Waals surface area contributed by atoms with Crippen LogP contribution < -0.4 is 5.73 Å². The Kier molecular flexibility index (Phi) is 3.20. The minimum absolute atomic E-state index is 0.545. The average molecular weight is 322 g/mol. The molecule has 92 valence electrons. The number of fused-ring (bicyclic) bond motifs is 1. The minimum Gasteiger partial charge on any atom is -0.327 e. The number of pyridine rings is 1. The maximum atomic E-state index is 5.78. The van der Waals surface area contributed by atoms with Crippen molar-refractivity contribution in [3.05, 3.63) is 50.9 Å². The largest absolute Gasteiger partial charge is 0.327 e. The molecule has 3 heterocycles. The molecule has 3 rings (SSSR count). The highest BCUT2D eigenvalue weighted by molar-refractivity contribution is 9.11. The second-order valence-corrected chi connectivity index (χ2v) is 6.61. The van der Waals surface area contributed by atoms with Gasteiger partial charge in [-0.05, 0) is 45.8 Å². The first-order chi connectivity index (χ1) is 8.78. The number of halogens is 1. The molecule has 0 aliphatic heterocycles. The third-order valence-corrected chi connectivity index (χ3v) is 4.50. The van der Waals surface area contributed by atoms with Gasteiger partial charge in [-0.3, -0.25) is 0 Å². The summed E-state index contributed by atoms with van der Waals surface area (Å²) in [6, 6.07) is 8.23. The lowest BCUT2D eigenvalue weighted by molar-refractivity contribution is 0.832. The van der Waals surface area contributed by atoms with Crippen molar-refractivity contribution in [3.8, 4) is 0 Å². The van der Waals surface area contributed by atoms with Crippen molar-refractivity contribution in [2.24, 2.45) is 5.73 Å². The zero-order valence-electron chi connectivity index (χ0n) is 9.64. The SMILES string of the molecule is NCc1cn(Cc2ccc(Br)s2)c2ncccc12. The predicted octanol–water partition coefficient (Wildman–Crippen LogP) is 3.37. The van der Waals surface area contributed by atoms with Crippen molar-refractivity contribution in [1.29, 1.82) is 0 Å². The molecule has 0 fully saturated rings. The van der Waals surface area contributed by atoms with Crippen LogP contribution in [0.25, 0.3) is 11.0 Å². The Morgan fingerprint density at radius 2 is 2.22 bits per heavy atom. The summed E-state index contributed by atoms with van der Waals surface area (Å²) in [5, 5.41) is 1.15. The summed E-state index contributed by atoms with van der Waals surface area (Å²) in [6.45, 7) is 1.38. The second kappa shape index (κ2) is 4.84. The van der Waals surface area contributed by atoms with Gasteiger partial charge < -0.3 is 10.3 Å². The van der Waals surface area contributed by atoms with E-state index < -0.39 is 0 Å². The second-order valence-electron chi connectivity index (χ2n) is 4.07. The summed E-state index contributed by atoms with van der Waals surface area (Å²) in [5.41, 5.74) is 7.93. The van der Waals surface area contributed by atoms with Gasteiger partial charge >= 0.3 is 0 Å². The number of thiophene rings is 1. The van der Waals surface area contributed by atoms with Crippen LogP contribution in [0.5, 0.6) is 0 Å². The molecule has 3 nitrogen and oxygen atoms in total. The third kappa shape index (κ3) is 2.09. The van der Waals surface area contributed by atoms with Crippen LogP contribution >= 0.6 is 27.3 Å². The van der Waals surface area contributed by atoms with Crippen molar-refractivity contribution in [2.75, 3.05) is 0 Å². The Labute approximate surface area is 117 Å². The number of rotatable bonds is 3. The fourth-order valence-corrected chi connectivity index (χ4v) is 3.57. The maximum Gasteiger partial charge on any atom is 0.140 e. The lowest BCUT2D eigenvalue weighted by atomic mass is 10.2. The first-order valence-corrected chi connectivity index (χ1v) is 7.26. The van der Waals surface area contributed by atoms with E-state index in [0.717, 1.165) is 26.9 Å². The average Bonchev–Trinajstić information content (AvgIpc) is 2.95. The van der Waals surface area contributed by atoms with Crippen LogP contribution in [-0.4, -0.2) is 9.55 Å². The normalized spacial score (nSPS) is 11.2. The molecule has 18 heavy (non-hydrogen) atoms. The monoisotopic (exact) mass is 321 g/mol. The molecule has 0 aromatic carbocycles. The topological polar surface area (TPSA) is 43.8 Å². The molecule has 0 spiro atoms. The number of nitrogens with two attached hydrogens (primary N) is 1. The number of hydrogen-bond acceptors (Lipinski definition) is 3. The molecular weight excluding hydrogens is 310 g/mol. The van der Waals surface area contributed by atoms with Crippen molar-refractivity contribution in [1.82, 2.24) is 9.55 Å². The maximum absolute atomic E-state index is 5.78. The lowest BCUT2D eigenvalue weighted by Crippen LogP contribution is -1.97. The van der Waals surface area contributed by atoms with Gasteiger partial charge in [0.25, 0.3) is 0 Å². The molecule has 0 aliphatic rings. The van der Waals surface area contributed by atoms with E-state index in [-0.39, 0.29) is 0 Å². The highest BCUT2D eigenvalue weighted by atomic mass is 79.9. The molecule has 3 aromatic rings. The van der Waals surface area contributed by atoms with E-state index in [9.17, 15) is 0 Å². The van der Waals surface area contributed by atoms with Gasteiger partial charge in [0.15, 0.2) is 0 Å². The van der Waals surface area contributed by atoms with Crippen molar-refractivity contribution in [2.45, 2.75) is 13.1 Å². The summed E-state index contributed by atoms with van der Waals surface area (Å²) in [7, 11) is 0. The van der Waals surface area contributed by atoms with Crippen LogP contribution in [0.3, 0.4) is 0 Å². The Balaban J connectivity index is 2.06. The molecule has 0 bridgehead atoms. The number of hydrogen-bond donors (Lipinski definition) is 1. The van der Waals surface area contributed by atoms with E-state index in [1.807, 2.05) is 12.3 Å². The summed E-state index contributed by atoms with van der Waals surface area (Å²) < 4.78 is 3.32. The summed E-state index contributed by atoms with van der Waals surface area (Å²) in [5.74, 6) is 0. The molecule has 3 aromatic heterocycles. The molecule has 0 unspecified atom stereocenters. The van der Waals surface area contributed by atoms with Crippen LogP contribution in [0.15, 0.2) is 40.4 Å². The summed E-state index contributed by atoms with van der Waals surface area (Å²) in [4.78, 5) is 5.75. The third-order valence-electron chi connectivity index (χ3n) is 2.89. The number of aromatic nitrogens is 2. The van der Waals surface area contributed by atoms with Crippen molar-refractivity contribution < 1.29 is 0 Å². The van der Waals surface area contributed by atoms with Gasteiger partial charge in [-0.15, -0.1) is 11.3 Å². The zero-order chi connectivity index (χ0) is 12.5.